The Bertz CT molecular complexity index is 937. The molecule has 2 aromatic rings. The van der Waals surface area contributed by atoms with Gasteiger partial charge in [-0.05, 0) is 30.5 Å². The van der Waals surface area contributed by atoms with Crippen LogP contribution in [-0.4, -0.2) is 39.9 Å². The molecule has 1 amide bonds. The van der Waals surface area contributed by atoms with Crippen molar-refractivity contribution in [2.75, 3.05) is 25.0 Å². The Labute approximate surface area is 155 Å². The number of nitro groups is 1. The fourth-order valence-corrected chi connectivity index (χ4v) is 4.19. The molecule has 1 N–H and O–H groups in total. The lowest BCUT2D eigenvalue weighted by Gasteiger charge is -2.42. The van der Waals surface area contributed by atoms with E-state index in [0.29, 0.717) is 18.2 Å². The molecule has 8 heteroatoms. The van der Waals surface area contributed by atoms with Crippen LogP contribution in [0.5, 0.6) is 0 Å². The zero-order chi connectivity index (χ0) is 19.0. The molecule has 2 bridgehead atoms. The van der Waals surface area contributed by atoms with E-state index < -0.39 is 4.92 Å². The van der Waals surface area contributed by atoms with Crippen LogP contribution in [0.2, 0.25) is 0 Å². The number of aromatic nitrogens is 1. The van der Waals surface area contributed by atoms with E-state index in [-0.39, 0.29) is 29.6 Å². The summed E-state index contributed by atoms with van der Waals surface area (Å²) in [5, 5.41) is 13.5. The average Bonchev–Trinajstić information content (AvgIpc) is 2.63. The SMILES string of the molecule is O=C(CN1C[C@H]2C[C@@H](C1)c1cccc(=O)n1C2)Nc1ccc([N+](=O)[O-])cc1. The summed E-state index contributed by atoms with van der Waals surface area (Å²) < 4.78 is 1.87. The van der Waals surface area contributed by atoms with Crippen molar-refractivity contribution in [1.82, 2.24) is 9.47 Å². The number of likely N-dealkylation sites (tertiary alicyclic amines) is 1. The van der Waals surface area contributed by atoms with Gasteiger partial charge in [-0.3, -0.25) is 24.6 Å². The van der Waals surface area contributed by atoms with E-state index in [9.17, 15) is 19.7 Å². The minimum absolute atomic E-state index is 0.00855. The molecule has 3 heterocycles. The molecule has 140 valence electrons. The Morgan fingerprint density at radius 2 is 1.93 bits per heavy atom. The van der Waals surface area contributed by atoms with Crippen LogP contribution in [0, 0.1) is 16.0 Å². The number of nitro benzene ring substituents is 1. The van der Waals surface area contributed by atoms with Crippen molar-refractivity contribution in [2.24, 2.45) is 5.92 Å². The molecular formula is C19H20N4O4. The number of benzene rings is 1. The van der Waals surface area contributed by atoms with Gasteiger partial charge in [0.15, 0.2) is 0 Å². The predicted octanol–water partition coefficient (Wildman–Crippen LogP) is 1.81. The molecule has 2 aliphatic heterocycles. The van der Waals surface area contributed by atoms with E-state index in [2.05, 4.69) is 10.2 Å². The number of fused-ring (bicyclic) bond motifs is 4. The number of nitrogens with one attached hydrogen (secondary N) is 1. The number of carbonyl (C=O) groups excluding carboxylic acids is 1. The molecule has 1 saturated heterocycles. The highest BCUT2D eigenvalue weighted by Crippen LogP contribution is 2.34. The zero-order valence-electron chi connectivity index (χ0n) is 14.7. The predicted molar refractivity (Wildman–Crippen MR) is 99.7 cm³/mol. The van der Waals surface area contributed by atoms with Crippen LogP contribution in [0.15, 0.2) is 47.3 Å². The summed E-state index contributed by atoms with van der Waals surface area (Å²) in [6, 6.07) is 11.2. The molecular weight excluding hydrogens is 348 g/mol. The van der Waals surface area contributed by atoms with Crippen molar-refractivity contribution in [3.05, 3.63) is 68.6 Å². The van der Waals surface area contributed by atoms with Crippen LogP contribution in [0.25, 0.3) is 0 Å². The first kappa shape index (κ1) is 17.4. The van der Waals surface area contributed by atoms with Gasteiger partial charge in [0.1, 0.15) is 0 Å². The van der Waals surface area contributed by atoms with Gasteiger partial charge in [-0.15, -0.1) is 0 Å². The van der Waals surface area contributed by atoms with E-state index in [1.54, 1.807) is 12.1 Å². The summed E-state index contributed by atoms with van der Waals surface area (Å²) >= 11 is 0. The summed E-state index contributed by atoms with van der Waals surface area (Å²) in [6.45, 7) is 2.49. The highest BCUT2D eigenvalue weighted by molar-refractivity contribution is 5.92. The number of piperidine rings is 1. The quantitative estimate of drug-likeness (QED) is 0.656. The first-order chi connectivity index (χ1) is 13.0. The van der Waals surface area contributed by atoms with Crippen LogP contribution < -0.4 is 10.9 Å². The van der Waals surface area contributed by atoms with Gasteiger partial charge in [0.2, 0.25) is 5.91 Å². The molecule has 4 rings (SSSR count). The molecule has 1 aromatic carbocycles. The fraction of sp³-hybridized carbons (Fsp3) is 0.368. The molecule has 0 radical (unpaired) electrons. The van der Waals surface area contributed by atoms with Crippen LogP contribution >= 0.6 is 0 Å². The van der Waals surface area contributed by atoms with Crippen molar-refractivity contribution in [3.8, 4) is 0 Å². The number of nitrogens with zero attached hydrogens (tertiary/aromatic N) is 3. The van der Waals surface area contributed by atoms with Crippen molar-refractivity contribution in [1.29, 1.82) is 0 Å². The maximum atomic E-state index is 12.4. The minimum Gasteiger partial charge on any atom is -0.325 e. The number of amides is 1. The summed E-state index contributed by atoms with van der Waals surface area (Å²) in [4.78, 5) is 36.8. The molecule has 0 saturated carbocycles. The fourth-order valence-electron chi connectivity index (χ4n) is 4.19. The Morgan fingerprint density at radius 3 is 2.67 bits per heavy atom. The van der Waals surface area contributed by atoms with Gasteiger partial charge in [0.25, 0.3) is 11.2 Å². The van der Waals surface area contributed by atoms with Gasteiger partial charge < -0.3 is 9.88 Å². The standard InChI is InChI=1S/C19H20N4O4/c24-18(20-15-4-6-16(7-5-15)23(26)27)12-21-9-13-8-14(11-21)17-2-1-3-19(25)22(17)10-13/h1-7,13-14H,8-12H2,(H,20,24)/t13-,14+/m1/s1. The van der Waals surface area contributed by atoms with E-state index in [1.807, 2.05) is 10.6 Å². The first-order valence-electron chi connectivity index (χ1n) is 8.96. The third-order valence-corrected chi connectivity index (χ3v) is 5.28. The Hall–Kier alpha value is -3.00. The number of carbonyl (C=O) groups is 1. The Kier molecular flexibility index (Phi) is 4.49. The van der Waals surface area contributed by atoms with Gasteiger partial charge in [-0.1, -0.05) is 6.07 Å². The van der Waals surface area contributed by atoms with E-state index in [0.717, 1.165) is 25.2 Å². The van der Waals surface area contributed by atoms with Gasteiger partial charge >= 0.3 is 0 Å². The lowest BCUT2D eigenvalue weighted by atomic mass is 9.83. The van der Waals surface area contributed by atoms with Gasteiger partial charge in [-0.25, -0.2) is 0 Å². The smallest absolute Gasteiger partial charge is 0.269 e. The third-order valence-electron chi connectivity index (χ3n) is 5.28. The van der Waals surface area contributed by atoms with Crippen molar-refractivity contribution in [2.45, 2.75) is 18.9 Å². The summed E-state index contributed by atoms with van der Waals surface area (Å²) in [6.07, 6.45) is 1.05. The van der Waals surface area contributed by atoms with E-state index in [1.165, 1.54) is 24.3 Å². The van der Waals surface area contributed by atoms with Gasteiger partial charge in [0.05, 0.1) is 11.5 Å². The lowest BCUT2D eigenvalue weighted by molar-refractivity contribution is -0.384. The second kappa shape index (κ2) is 6.96. The largest absolute Gasteiger partial charge is 0.325 e. The number of pyridine rings is 1. The number of non-ortho nitro benzene ring substituents is 1. The Morgan fingerprint density at radius 1 is 1.15 bits per heavy atom. The number of rotatable bonds is 4. The van der Waals surface area contributed by atoms with Gasteiger partial charge in [-0.2, -0.15) is 0 Å². The third kappa shape index (κ3) is 3.61. The zero-order valence-corrected chi connectivity index (χ0v) is 14.7. The first-order valence-corrected chi connectivity index (χ1v) is 8.96. The summed E-state index contributed by atoms with van der Waals surface area (Å²) in [7, 11) is 0. The second-order valence-corrected chi connectivity index (χ2v) is 7.24. The number of hydrogen-bond acceptors (Lipinski definition) is 5. The van der Waals surface area contributed by atoms with Gasteiger partial charge in [0, 0.05) is 55.1 Å². The number of hydrogen-bond donors (Lipinski definition) is 1. The maximum Gasteiger partial charge on any atom is 0.269 e. The molecule has 0 aliphatic carbocycles. The monoisotopic (exact) mass is 368 g/mol. The van der Waals surface area contributed by atoms with Crippen LogP contribution in [-0.2, 0) is 11.3 Å². The molecule has 2 atom stereocenters. The van der Waals surface area contributed by atoms with Crippen molar-refractivity contribution in [3.63, 3.8) is 0 Å². The van der Waals surface area contributed by atoms with E-state index in [4.69, 9.17) is 0 Å². The van der Waals surface area contributed by atoms with Crippen LogP contribution in [0.4, 0.5) is 11.4 Å². The second-order valence-electron chi connectivity index (χ2n) is 7.24. The van der Waals surface area contributed by atoms with Crippen molar-refractivity contribution >= 4 is 17.3 Å². The molecule has 8 nitrogen and oxygen atoms in total. The summed E-state index contributed by atoms with van der Waals surface area (Å²) in [5.41, 5.74) is 1.64. The maximum absolute atomic E-state index is 12.4. The van der Waals surface area contributed by atoms with E-state index >= 15 is 0 Å². The molecule has 0 unspecified atom stereocenters. The molecule has 27 heavy (non-hydrogen) atoms. The summed E-state index contributed by atoms with van der Waals surface area (Å²) in [5.74, 6) is 0.483. The minimum atomic E-state index is -0.471. The van der Waals surface area contributed by atoms with Crippen LogP contribution in [0.1, 0.15) is 18.0 Å². The lowest BCUT2D eigenvalue weighted by Crippen LogP contribution is -2.49. The van der Waals surface area contributed by atoms with Crippen LogP contribution in [0.3, 0.4) is 0 Å². The normalized spacial score (nSPS) is 21.3. The topological polar surface area (TPSA) is 97.5 Å². The molecule has 1 fully saturated rings. The number of anilines is 1. The molecule has 2 aliphatic rings. The highest BCUT2D eigenvalue weighted by atomic mass is 16.6. The molecule has 0 spiro atoms. The average molecular weight is 368 g/mol. The molecule has 1 aromatic heterocycles. The Balaban J connectivity index is 1.40. The highest BCUT2D eigenvalue weighted by Gasteiger charge is 2.34. The van der Waals surface area contributed by atoms with Crippen molar-refractivity contribution < 1.29 is 9.72 Å².